The van der Waals surface area contributed by atoms with Crippen LogP contribution in [0, 0.1) is 6.92 Å². The molecule has 4 nitrogen and oxygen atoms in total. The molecule has 0 bridgehead atoms. The molecule has 0 aliphatic rings. The highest BCUT2D eigenvalue weighted by Crippen LogP contribution is 2.27. The number of benzene rings is 1. The Morgan fingerprint density at radius 1 is 1.33 bits per heavy atom. The Bertz CT molecular complexity index is 821. The summed E-state index contributed by atoms with van der Waals surface area (Å²) in [6.45, 7) is 10.9. The lowest BCUT2D eigenvalue weighted by molar-refractivity contribution is 1.10. The maximum absolute atomic E-state index is 6.39. The molecule has 1 aromatic carbocycles. The zero-order valence-electron chi connectivity index (χ0n) is 14.7. The summed E-state index contributed by atoms with van der Waals surface area (Å²) >= 11 is 6.39. The van der Waals surface area contributed by atoms with E-state index in [1.165, 1.54) is 0 Å². The summed E-state index contributed by atoms with van der Waals surface area (Å²) in [5, 5.41) is 5.73. The van der Waals surface area contributed by atoms with Gasteiger partial charge in [-0.05, 0) is 37.3 Å². The molecule has 0 aliphatic carbocycles. The highest BCUT2D eigenvalue weighted by Gasteiger charge is 2.12. The summed E-state index contributed by atoms with van der Waals surface area (Å²) in [6, 6.07) is 8.05. The van der Waals surface area contributed by atoms with Gasteiger partial charge in [-0.2, -0.15) is 0 Å². The van der Waals surface area contributed by atoms with Crippen LogP contribution < -0.4 is 5.32 Å². The summed E-state index contributed by atoms with van der Waals surface area (Å²) in [4.78, 5) is 13.3. The predicted molar refractivity (Wildman–Crippen MR) is 105 cm³/mol. The summed E-state index contributed by atoms with van der Waals surface area (Å²) in [5.41, 5.74) is 3.38. The molecule has 126 valence electrons. The van der Waals surface area contributed by atoms with Crippen molar-refractivity contribution in [2.45, 2.75) is 27.2 Å². The lowest BCUT2D eigenvalue weighted by Gasteiger charge is -2.14. The lowest BCUT2D eigenvalue weighted by Crippen LogP contribution is -2.30. The first-order valence-corrected chi connectivity index (χ1v) is 8.42. The van der Waals surface area contributed by atoms with E-state index in [0.29, 0.717) is 22.4 Å². The molecule has 0 radical (unpaired) electrons. The van der Waals surface area contributed by atoms with Gasteiger partial charge in [-0.25, -0.2) is 4.98 Å². The summed E-state index contributed by atoms with van der Waals surface area (Å²) in [7, 11) is 1.74. The third kappa shape index (κ3) is 3.82. The van der Waals surface area contributed by atoms with Gasteiger partial charge >= 0.3 is 0 Å². The Balaban J connectivity index is 2.37. The number of hydrogen-bond acceptors (Lipinski definition) is 3. The fourth-order valence-electron chi connectivity index (χ4n) is 2.60. The average Bonchev–Trinajstić information content (AvgIpc) is 2.57. The summed E-state index contributed by atoms with van der Waals surface area (Å²) in [5.74, 6) is 0.714. The first kappa shape index (κ1) is 18.1. The lowest BCUT2D eigenvalue weighted by atomic mass is 10.1. The number of nitrogens with zero attached hydrogens (tertiary/aromatic N) is 3. The number of fused-ring (bicyclic) bond motifs is 1. The second-order valence-corrected chi connectivity index (χ2v) is 5.78. The zero-order valence-corrected chi connectivity index (χ0v) is 15.4. The zero-order chi connectivity index (χ0) is 17.7. The third-order valence-electron chi connectivity index (χ3n) is 3.78. The van der Waals surface area contributed by atoms with Gasteiger partial charge in [0.1, 0.15) is 11.0 Å². The van der Waals surface area contributed by atoms with E-state index in [4.69, 9.17) is 11.6 Å². The molecule has 0 unspecified atom stereocenters. The number of aliphatic imine (C=N–C) groups is 2. The Hall–Kier alpha value is -2.20. The van der Waals surface area contributed by atoms with Crippen molar-refractivity contribution in [3.05, 3.63) is 47.3 Å². The van der Waals surface area contributed by atoms with Crippen LogP contribution in [0.25, 0.3) is 16.5 Å². The Morgan fingerprint density at radius 3 is 2.71 bits per heavy atom. The number of rotatable bonds is 5. The minimum atomic E-state index is 0.483. The molecule has 2 aromatic rings. The highest BCUT2D eigenvalue weighted by atomic mass is 35.5. The minimum Gasteiger partial charge on any atom is -0.338 e. The van der Waals surface area contributed by atoms with E-state index in [0.717, 1.165) is 35.0 Å². The van der Waals surface area contributed by atoms with E-state index < -0.39 is 0 Å². The molecule has 0 amide bonds. The maximum atomic E-state index is 6.39. The van der Waals surface area contributed by atoms with Gasteiger partial charge in [-0.15, -0.1) is 0 Å². The minimum absolute atomic E-state index is 0.483. The number of pyridine rings is 1. The fraction of sp³-hybridized carbons (Fsp3) is 0.316. The van der Waals surface area contributed by atoms with E-state index in [1.54, 1.807) is 7.05 Å². The topological polar surface area (TPSA) is 49.6 Å². The van der Waals surface area contributed by atoms with Gasteiger partial charge < -0.3 is 5.32 Å². The van der Waals surface area contributed by atoms with Crippen molar-refractivity contribution in [3.8, 4) is 0 Å². The van der Waals surface area contributed by atoms with Crippen LogP contribution in [0.15, 0.2) is 40.8 Å². The largest absolute Gasteiger partial charge is 0.338 e. The average molecular weight is 343 g/mol. The molecule has 0 atom stereocenters. The van der Waals surface area contributed by atoms with E-state index in [9.17, 15) is 0 Å². The van der Waals surface area contributed by atoms with E-state index >= 15 is 0 Å². The molecule has 0 aliphatic heterocycles. The quantitative estimate of drug-likeness (QED) is 0.488. The van der Waals surface area contributed by atoms with Crippen molar-refractivity contribution in [1.29, 1.82) is 0 Å². The van der Waals surface area contributed by atoms with Gasteiger partial charge in [-0.3, -0.25) is 9.98 Å². The first-order valence-electron chi connectivity index (χ1n) is 8.04. The molecule has 0 fully saturated rings. The number of halogens is 1. The SMILES string of the molecule is C=C(NC(=NC)C(CC)=NCC)c1cc2cccc(C)c2c(Cl)n1. The first-order chi connectivity index (χ1) is 11.5. The van der Waals surface area contributed by atoms with Gasteiger partial charge in [-0.1, -0.05) is 43.3 Å². The molecule has 24 heavy (non-hydrogen) atoms. The molecule has 0 spiro atoms. The van der Waals surface area contributed by atoms with Crippen LogP contribution in [0.3, 0.4) is 0 Å². The maximum Gasteiger partial charge on any atom is 0.146 e. The fourth-order valence-corrected chi connectivity index (χ4v) is 2.95. The summed E-state index contributed by atoms with van der Waals surface area (Å²) < 4.78 is 0. The molecular formula is C19H23ClN4. The molecule has 0 saturated heterocycles. The predicted octanol–water partition coefficient (Wildman–Crippen LogP) is 4.66. The molecule has 1 heterocycles. The van der Waals surface area contributed by atoms with Crippen molar-refractivity contribution in [3.63, 3.8) is 0 Å². The third-order valence-corrected chi connectivity index (χ3v) is 4.05. The summed E-state index contributed by atoms with van der Waals surface area (Å²) in [6.07, 6.45) is 0.798. The Morgan fingerprint density at radius 2 is 2.08 bits per heavy atom. The van der Waals surface area contributed by atoms with Crippen molar-refractivity contribution in [1.82, 2.24) is 10.3 Å². The molecule has 0 saturated carbocycles. The van der Waals surface area contributed by atoms with Crippen molar-refractivity contribution < 1.29 is 0 Å². The van der Waals surface area contributed by atoms with Gasteiger partial charge in [0.15, 0.2) is 0 Å². The van der Waals surface area contributed by atoms with Crippen LogP contribution in [-0.2, 0) is 0 Å². The Labute approximate surface area is 148 Å². The second kappa shape index (κ2) is 8.06. The van der Waals surface area contributed by atoms with Gasteiger partial charge in [0, 0.05) is 19.0 Å². The van der Waals surface area contributed by atoms with E-state index in [-0.39, 0.29) is 0 Å². The van der Waals surface area contributed by atoms with Crippen LogP contribution in [-0.4, -0.2) is 30.1 Å². The normalized spacial score (nSPS) is 12.5. The van der Waals surface area contributed by atoms with Crippen LogP contribution >= 0.6 is 11.6 Å². The van der Waals surface area contributed by atoms with E-state index in [2.05, 4.69) is 33.8 Å². The number of aryl methyl sites for hydroxylation is 1. The molecular weight excluding hydrogens is 320 g/mol. The van der Waals surface area contributed by atoms with Crippen molar-refractivity contribution >= 4 is 39.6 Å². The number of hydrogen-bond donors (Lipinski definition) is 1. The number of nitrogens with one attached hydrogen (secondary N) is 1. The van der Waals surface area contributed by atoms with Crippen molar-refractivity contribution in [2.24, 2.45) is 9.98 Å². The molecule has 2 rings (SSSR count). The van der Waals surface area contributed by atoms with Crippen LogP contribution in [0.2, 0.25) is 5.15 Å². The monoisotopic (exact) mass is 342 g/mol. The van der Waals surface area contributed by atoms with Gasteiger partial charge in [0.25, 0.3) is 0 Å². The van der Waals surface area contributed by atoms with Crippen LogP contribution in [0.1, 0.15) is 31.5 Å². The molecule has 1 N–H and O–H groups in total. The molecule has 5 heteroatoms. The second-order valence-electron chi connectivity index (χ2n) is 5.42. The highest BCUT2D eigenvalue weighted by molar-refractivity contribution is 6.42. The van der Waals surface area contributed by atoms with Gasteiger partial charge in [0.05, 0.1) is 17.1 Å². The van der Waals surface area contributed by atoms with Crippen LogP contribution in [0.4, 0.5) is 0 Å². The standard InChI is InChI=1S/C19H23ClN4/c1-6-15(22-7-2)19(21-5)23-13(4)16-11-14-10-8-9-12(3)17(14)18(20)24-16/h8-11H,4,6-7H2,1-3,5H3,(H,21,23). The van der Waals surface area contributed by atoms with Crippen molar-refractivity contribution in [2.75, 3.05) is 13.6 Å². The molecule has 1 aromatic heterocycles. The van der Waals surface area contributed by atoms with Crippen LogP contribution in [0.5, 0.6) is 0 Å². The smallest absolute Gasteiger partial charge is 0.146 e. The Kier molecular flexibility index (Phi) is 6.10. The number of aromatic nitrogens is 1. The van der Waals surface area contributed by atoms with E-state index in [1.807, 2.05) is 38.1 Å². The van der Waals surface area contributed by atoms with Gasteiger partial charge in [0.2, 0.25) is 0 Å². The number of amidine groups is 1.